The summed E-state index contributed by atoms with van der Waals surface area (Å²) in [5, 5.41) is 16.2. The van der Waals surface area contributed by atoms with Gasteiger partial charge in [-0.05, 0) is 38.0 Å². The fraction of sp³-hybridized carbons (Fsp3) is 0.333. The minimum Gasteiger partial charge on any atom is -0.341 e. The number of urea groups is 1. The van der Waals surface area contributed by atoms with Crippen molar-refractivity contribution in [3.05, 3.63) is 29.3 Å². The molecule has 3 amide bonds. The summed E-state index contributed by atoms with van der Waals surface area (Å²) in [7, 11) is 1.45. The van der Waals surface area contributed by atoms with Gasteiger partial charge in [0.2, 0.25) is 11.0 Å². The molecule has 0 saturated heterocycles. The summed E-state index contributed by atoms with van der Waals surface area (Å²) in [6, 6.07) is 5.49. The Kier molecular flexibility index (Phi) is 6.16. The highest BCUT2D eigenvalue weighted by atomic mass is 32.2. The van der Waals surface area contributed by atoms with Crippen molar-refractivity contribution in [2.45, 2.75) is 30.4 Å². The summed E-state index contributed by atoms with van der Waals surface area (Å²) in [6.07, 6.45) is 0. The van der Waals surface area contributed by atoms with E-state index in [-0.39, 0.29) is 5.91 Å². The molecule has 1 aromatic heterocycles. The van der Waals surface area contributed by atoms with Gasteiger partial charge in [0, 0.05) is 12.7 Å². The van der Waals surface area contributed by atoms with E-state index in [1.54, 1.807) is 6.92 Å². The standard InChI is InChI=1S/C15H19N5O2S2/c1-8-6-5-7-11(9(8)2)17-14-19-20-15(24-14)23-10(3)12(21)18-13(22)16-4/h5-7,10H,1-4H3,(H,17,19)(H2,16,18,21,22)/t10-/m0/s1. The third-order valence-electron chi connectivity index (χ3n) is 3.36. The molecule has 0 aliphatic carbocycles. The summed E-state index contributed by atoms with van der Waals surface area (Å²) in [5.74, 6) is -0.376. The highest BCUT2D eigenvalue weighted by Crippen LogP contribution is 2.31. The van der Waals surface area contributed by atoms with Gasteiger partial charge < -0.3 is 10.6 Å². The number of carbonyl (C=O) groups excluding carboxylic acids is 2. The van der Waals surface area contributed by atoms with Crippen molar-refractivity contribution < 1.29 is 9.59 Å². The molecule has 1 heterocycles. The first-order valence-corrected chi connectivity index (χ1v) is 8.96. The van der Waals surface area contributed by atoms with Crippen molar-refractivity contribution in [1.82, 2.24) is 20.8 Å². The van der Waals surface area contributed by atoms with Crippen LogP contribution in [0.3, 0.4) is 0 Å². The molecule has 2 rings (SSSR count). The molecule has 0 saturated carbocycles. The first-order valence-electron chi connectivity index (χ1n) is 7.26. The van der Waals surface area contributed by atoms with Gasteiger partial charge in [0.1, 0.15) is 0 Å². The fourth-order valence-electron chi connectivity index (χ4n) is 1.79. The number of benzene rings is 1. The molecule has 2 aromatic rings. The topological polar surface area (TPSA) is 96.0 Å². The average molecular weight is 365 g/mol. The lowest BCUT2D eigenvalue weighted by Gasteiger charge is -2.09. The predicted molar refractivity (Wildman–Crippen MR) is 97.0 cm³/mol. The van der Waals surface area contributed by atoms with E-state index in [1.807, 2.05) is 19.1 Å². The summed E-state index contributed by atoms with van der Waals surface area (Å²) in [4.78, 5) is 23.0. The molecule has 0 fully saturated rings. The van der Waals surface area contributed by atoms with Crippen molar-refractivity contribution in [2.24, 2.45) is 0 Å². The summed E-state index contributed by atoms with van der Waals surface area (Å²) in [6.45, 7) is 5.80. The summed E-state index contributed by atoms with van der Waals surface area (Å²) in [5.41, 5.74) is 3.33. The Labute approximate surface area is 148 Å². The first-order chi connectivity index (χ1) is 11.4. The van der Waals surface area contributed by atoms with Crippen LogP contribution < -0.4 is 16.0 Å². The van der Waals surface area contributed by atoms with E-state index < -0.39 is 11.3 Å². The molecule has 1 atom stereocenters. The molecule has 0 aliphatic heterocycles. The molecule has 1 aromatic carbocycles. The van der Waals surface area contributed by atoms with Crippen molar-refractivity contribution >= 4 is 45.9 Å². The molecule has 0 radical (unpaired) electrons. The maximum absolute atomic E-state index is 11.8. The van der Waals surface area contributed by atoms with Crippen LogP contribution in [0.1, 0.15) is 18.1 Å². The second-order valence-electron chi connectivity index (χ2n) is 5.07. The number of nitrogens with zero attached hydrogens (tertiary/aromatic N) is 2. The molecule has 0 spiro atoms. The lowest BCUT2D eigenvalue weighted by Crippen LogP contribution is -2.41. The SMILES string of the molecule is CNC(=O)NC(=O)[C@H](C)Sc1nnc(Nc2cccc(C)c2C)s1. The molecular weight excluding hydrogens is 346 g/mol. The van der Waals surface area contributed by atoms with Gasteiger partial charge in [-0.15, -0.1) is 10.2 Å². The van der Waals surface area contributed by atoms with Crippen molar-refractivity contribution in [2.75, 3.05) is 12.4 Å². The minimum atomic E-state index is -0.526. The molecule has 0 bridgehead atoms. The van der Waals surface area contributed by atoms with Crippen LogP contribution in [0.2, 0.25) is 0 Å². The van der Waals surface area contributed by atoms with E-state index in [9.17, 15) is 9.59 Å². The van der Waals surface area contributed by atoms with Gasteiger partial charge in [-0.3, -0.25) is 10.1 Å². The second-order valence-corrected chi connectivity index (χ2v) is 7.64. The third kappa shape index (κ3) is 4.68. The monoisotopic (exact) mass is 365 g/mol. The highest BCUT2D eigenvalue weighted by molar-refractivity contribution is 8.02. The Morgan fingerprint density at radius 3 is 2.71 bits per heavy atom. The van der Waals surface area contributed by atoms with Crippen molar-refractivity contribution in [3.8, 4) is 0 Å². The van der Waals surface area contributed by atoms with E-state index >= 15 is 0 Å². The largest absolute Gasteiger partial charge is 0.341 e. The van der Waals surface area contributed by atoms with Crippen LogP contribution in [-0.4, -0.2) is 34.4 Å². The quantitative estimate of drug-likeness (QED) is 0.705. The van der Waals surface area contributed by atoms with Crippen LogP contribution in [-0.2, 0) is 4.79 Å². The number of hydrogen-bond acceptors (Lipinski definition) is 7. The van der Waals surface area contributed by atoms with Gasteiger partial charge in [-0.25, -0.2) is 4.79 Å². The lowest BCUT2D eigenvalue weighted by atomic mass is 10.1. The molecular formula is C15H19N5O2S2. The Morgan fingerprint density at radius 2 is 2.00 bits per heavy atom. The van der Waals surface area contributed by atoms with Gasteiger partial charge >= 0.3 is 6.03 Å². The van der Waals surface area contributed by atoms with Crippen molar-refractivity contribution in [3.63, 3.8) is 0 Å². The minimum absolute atomic E-state index is 0.376. The molecule has 0 unspecified atom stereocenters. The summed E-state index contributed by atoms with van der Waals surface area (Å²) >= 11 is 2.62. The lowest BCUT2D eigenvalue weighted by molar-refractivity contribution is -0.119. The number of imide groups is 1. The van der Waals surface area contributed by atoms with E-state index in [0.717, 1.165) is 11.3 Å². The number of nitrogens with one attached hydrogen (secondary N) is 3. The highest BCUT2D eigenvalue weighted by Gasteiger charge is 2.19. The Morgan fingerprint density at radius 1 is 1.25 bits per heavy atom. The Bertz CT molecular complexity index is 747. The maximum Gasteiger partial charge on any atom is 0.321 e. The van der Waals surface area contributed by atoms with Crippen LogP contribution in [0.4, 0.5) is 15.6 Å². The number of rotatable bonds is 5. The molecule has 24 heavy (non-hydrogen) atoms. The Hall–Kier alpha value is -2.13. The predicted octanol–water partition coefficient (Wildman–Crippen LogP) is 2.83. The molecule has 7 nitrogen and oxygen atoms in total. The fourth-order valence-corrected chi connectivity index (χ4v) is 3.70. The van der Waals surface area contributed by atoms with E-state index in [0.29, 0.717) is 9.47 Å². The van der Waals surface area contributed by atoms with Crippen LogP contribution >= 0.6 is 23.1 Å². The molecule has 128 valence electrons. The van der Waals surface area contributed by atoms with Gasteiger partial charge in [0.25, 0.3) is 0 Å². The molecule has 3 N–H and O–H groups in total. The smallest absolute Gasteiger partial charge is 0.321 e. The van der Waals surface area contributed by atoms with E-state index in [2.05, 4.69) is 39.1 Å². The van der Waals surface area contributed by atoms with Gasteiger partial charge in [0.05, 0.1) is 5.25 Å². The zero-order valence-electron chi connectivity index (χ0n) is 13.8. The molecule has 0 aliphatic rings. The number of hydrogen-bond donors (Lipinski definition) is 3. The van der Waals surface area contributed by atoms with Crippen LogP contribution in [0.5, 0.6) is 0 Å². The zero-order valence-corrected chi connectivity index (χ0v) is 15.5. The number of aromatic nitrogens is 2. The van der Waals surface area contributed by atoms with E-state index in [4.69, 9.17) is 0 Å². The van der Waals surface area contributed by atoms with Crippen molar-refractivity contribution in [1.29, 1.82) is 0 Å². The molecule has 9 heteroatoms. The summed E-state index contributed by atoms with van der Waals surface area (Å²) < 4.78 is 0.655. The van der Waals surface area contributed by atoms with Crippen LogP contribution in [0.15, 0.2) is 22.5 Å². The first kappa shape index (κ1) is 18.2. The number of aryl methyl sites for hydroxylation is 1. The normalized spacial score (nSPS) is 11.7. The second kappa shape index (κ2) is 8.11. The van der Waals surface area contributed by atoms with Crippen LogP contribution in [0.25, 0.3) is 0 Å². The maximum atomic E-state index is 11.8. The average Bonchev–Trinajstić information content (AvgIpc) is 2.98. The number of amides is 3. The third-order valence-corrected chi connectivity index (χ3v) is 5.39. The van der Waals surface area contributed by atoms with Crippen LogP contribution in [0, 0.1) is 13.8 Å². The van der Waals surface area contributed by atoms with Gasteiger partial charge in [-0.2, -0.15) is 0 Å². The number of anilines is 2. The zero-order chi connectivity index (χ0) is 17.7. The van der Waals surface area contributed by atoms with Gasteiger partial charge in [0.15, 0.2) is 4.34 Å². The Balaban J connectivity index is 1.99. The van der Waals surface area contributed by atoms with Gasteiger partial charge in [-0.1, -0.05) is 35.2 Å². The number of thioether (sulfide) groups is 1. The van der Waals surface area contributed by atoms with E-state index in [1.165, 1.54) is 35.7 Å². The number of carbonyl (C=O) groups is 2.